The van der Waals surface area contributed by atoms with E-state index < -0.39 is 101 Å². The third kappa shape index (κ3) is 2.59. The van der Waals surface area contributed by atoms with Crippen LogP contribution in [0.4, 0.5) is 0 Å². The molecule has 5 aromatic rings. The average Bonchev–Trinajstić information content (AvgIpc) is 2.82. The van der Waals surface area contributed by atoms with Gasteiger partial charge in [0, 0.05) is 21.9 Å². The van der Waals surface area contributed by atoms with E-state index in [1.54, 1.807) is 0 Å². The van der Waals surface area contributed by atoms with E-state index in [-0.39, 0.29) is 5.39 Å². The molecule has 35 heavy (non-hydrogen) atoms. The van der Waals surface area contributed by atoms with Crippen LogP contribution in [0.25, 0.3) is 43.8 Å². The Morgan fingerprint density at radius 3 is 1.91 bits per heavy atom. The highest BCUT2D eigenvalue weighted by Crippen LogP contribution is 2.54. The van der Waals surface area contributed by atoms with Gasteiger partial charge in [-0.25, -0.2) is 14.4 Å². The first-order chi connectivity index (χ1) is 16.5. The normalized spacial score (nSPS) is 11.6. The van der Waals surface area contributed by atoms with Gasteiger partial charge in [0.25, 0.3) is 0 Å². The number of hydrogen-bond acceptors (Lipinski definition) is 13. The molecule has 0 amide bonds. The van der Waals surface area contributed by atoms with Crippen molar-refractivity contribution in [1.82, 2.24) is 0 Å². The maximum Gasteiger partial charge on any atom is 0.345 e. The molecule has 178 valence electrons. The summed E-state index contributed by atoms with van der Waals surface area (Å²) in [4.78, 5) is 38.0. The first kappa shape index (κ1) is 21.5. The van der Waals surface area contributed by atoms with E-state index in [0.717, 1.165) is 13.2 Å². The second kappa shape index (κ2) is 6.84. The predicted molar refractivity (Wildman–Crippen MR) is 116 cm³/mol. The number of rotatable bonds is 2. The summed E-state index contributed by atoms with van der Waals surface area (Å²) < 4.78 is 14.8. The summed E-state index contributed by atoms with van der Waals surface area (Å²) >= 11 is 0. The fourth-order valence-corrected chi connectivity index (χ4v) is 4.09. The summed E-state index contributed by atoms with van der Waals surface area (Å²) in [6, 6.07) is 1.49. The van der Waals surface area contributed by atoms with Crippen molar-refractivity contribution < 1.29 is 54.1 Å². The fraction of sp³-hybridized carbons (Fsp3) is 0.0455. The quantitative estimate of drug-likeness (QED) is 0.0822. The molecule has 13 heteroatoms. The van der Waals surface area contributed by atoms with Crippen LogP contribution in [-0.2, 0) is 4.74 Å². The van der Waals surface area contributed by atoms with E-state index >= 15 is 0 Å². The minimum absolute atomic E-state index is 0.306. The zero-order valence-electron chi connectivity index (χ0n) is 17.2. The Kier molecular flexibility index (Phi) is 4.20. The SMILES string of the molecule is COC(=O)c1cc(O)c(O)c(O)c1-c1c(O)c(O)c2oc(=O)c3cc(O)c(O)c4oc(=O)c1c2c43. The summed E-state index contributed by atoms with van der Waals surface area (Å²) in [6.45, 7) is 0. The molecule has 3 aromatic carbocycles. The molecule has 13 nitrogen and oxygen atoms in total. The maximum absolute atomic E-state index is 13.1. The van der Waals surface area contributed by atoms with E-state index in [9.17, 15) is 50.1 Å². The van der Waals surface area contributed by atoms with Crippen molar-refractivity contribution in [2.24, 2.45) is 0 Å². The lowest BCUT2D eigenvalue weighted by atomic mass is 9.90. The largest absolute Gasteiger partial charge is 0.504 e. The van der Waals surface area contributed by atoms with Crippen molar-refractivity contribution in [2.45, 2.75) is 0 Å². The molecule has 0 unspecified atom stereocenters. The van der Waals surface area contributed by atoms with Crippen LogP contribution in [0.1, 0.15) is 10.4 Å². The number of hydrogen-bond donors (Lipinski definition) is 7. The Labute approximate surface area is 190 Å². The number of esters is 1. The summed E-state index contributed by atoms with van der Waals surface area (Å²) in [5, 5.41) is 70.5. The summed E-state index contributed by atoms with van der Waals surface area (Å²) in [6.07, 6.45) is 0. The van der Waals surface area contributed by atoms with E-state index in [4.69, 9.17) is 8.83 Å². The number of aromatic hydroxyl groups is 7. The van der Waals surface area contributed by atoms with E-state index in [1.165, 1.54) is 0 Å². The number of phenols is 7. The molecule has 0 bridgehead atoms. The number of ether oxygens (including phenoxy) is 1. The third-order valence-electron chi connectivity index (χ3n) is 5.61. The van der Waals surface area contributed by atoms with Gasteiger partial charge in [-0.05, 0) is 12.1 Å². The minimum atomic E-state index is -1.34. The van der Waals surface area contributed by atoms with Crippen LogP contribution in [0.3, 0.4) is 0 Å². The Morgan fingerprint density at radius 2 is 1.26 bits per heavy atom. The second-order valence-electron chi connectivity index (χ2n) is 7.43. The standard InChI is InChI=1S/C22H12O13/c1-33-20(30)4-2-6(23)13(25)15(27)8(4)10-12-11-9-5(21(31)34-19(11)17(29)16(10)28)3-7(24)14(26)18(9)35-22(12)32/h2-3,23-29H,1H3. The summed E-state index contributed by atoms with van der Waals surface area (Å²) in [5.74, 6) is -8.50. The molecule has 2 heterocycles. The first-order valence-electron chi connectivity index (χ1n) is 9.51. The lowest BCUT2D eigenvalue weighted by molar-refractivity contribution is 0.0600. The van der Waals surface area contributed by atoms with Crippen LogP contribution < -0.4 is 11.3 Å². The predicted octanol–water partition coefficient (Wildman–Crippen LogP) is 1.88. The second-order valence-corrected chi connectivity index (χ2v) is 7.43. The molecule has 0 aliphatic carbocycles. The van der Waals surface area contributed by atoms with Crippen molar-refractivity contribution in [3.8, 4) is 51.4 Å². The van der Waals surface area contributed by atoms with Gasteiger partial charge in [0.05, 0.1) is 23.4 Å². The number of carbonyl (C=O) groups is 1. The van der Waals surface area contributed by atoms with Crippen LogP contribution in [0.2, 0.25) is 0 Å². The first-order valence-corrected chi connectivity index (χ1v) is 9.51. The van der Waals surface area contributed by atoms with Crippen LogP contribution in [-0.4, -0.2) is 48.8 Å². The van der Waals surface area contributed by atoms with Gasteiger partial charge in [-0.1, -0.05) is 0 Å². The molecule has 0 aliphatic heterocycles. The fourth-order valence-electron chi connectivity index (χ4n) is 4.09. The zero-order chi connectivity index (χ0) is 25.5. The van der Waals surface area contributed by atoms with E-state index in [0.29, 0.717) is 6.07 Å². The zero-order valence-corrected chi connectivity index (χ0v) is 17.2. The minimum Gasteiger partial charge on any atom is -0.504 e. The Bertz CT molecular complexity index is 1860. The van der Waals surface area contributed by atoms with Gasteiger partial charge < -0.3 is 49.3 Å². The van der Waals surface area contributed by atoms with E-state index in [1.807, 2.05) is 0 Å². The molecular weight excluding hydrogens is 472 g/mol. The van der Waals surface area contributed by atoms with Crippen molar-refractivity contribution in [1.29, 1.82) is 0 Å². The molecule has 0 spiro atoms. The summed E-state index contributed by atoms with van der Waals surface area (Å²) in [5.41, 5.74) is -6.02. The molecule has 0 saturated heterocycles. The molecule has 0 radical (unpaired) electrons. The highest BCUT2D eigenvalue weighted by atomic mass is 16.5. The lowest BCUT2D eigenvalue weighted by Crippen LogP contribution is -2.10. The van der Waals surface area contributed by atoms with Gasteiger partial charge in [-0.3, -0.25) is 0 Å². The monoisotopic (exact) mass is 484 g/mol. The van der Waals surface area contributed by atoms with Crippen LogP contribution in [0.5, 0.6) is 40.2 Å². The van der Waals surface area contributed by atoms with Gasteiger partial charge >= 0.3 is 17.2 Å². The topological polar surface area (TPSA) is 228 Å². The van der Waals surface area contributed by atoms with Gasteiger partial charge in [-0.15, -0.1) is 0 Å². The molecular formula is C22H12O13. The molecule has 2 aromatic heterocycles. The number of carbonyl (C=O) groups excluding carboxylic acids is 1. The summed E-state index contributed by atoms with van der Waals surface area (Å²) in [7, 11) is 0.951. The smallest absolute Gasteiger partial charge is 0.345 e. The van der Waals surface area contributed by atoms with Crippen molar-refractivity contribution in [2.75, 3.05) is 7.11 Å². The number of benzene rings is 3. The molecule has 0 fully saturated rings. The lowest BCUT2D eigenvalue weighted by Gasteiger charge is -2.18. The molecule has 0 aliphatic rings. The molecule has 7 N–H and O–H groups in total. The molecule has 0 atom stereocenters. The van der Waals surface area contributed by atoms with Crippen molar-refractivity contribution >= 4 is 38.7 Å². The van der Waals surface area contributed by atoms with Gasteiger partial charge in [0.2, 0.25) is 17.2 Å². The number of methoxy groups -OCH3 is 1. The highest BCUT2D eigenvalue weighted by molar-refractivity contribution is 6.26. The third-order valence-corrected chi connectivity index (χ3v) is 5.61. The number of phenolic OH excluding ortho intramolecular Hbond substituents is 7. The molecule has 5 rings (SSSR count). The van der Waals surface area contributed by atoms with Crippen LogP contribution in [0.15, 0.2) is 30.6 Å². The van der Waals surface area contributed by atoms with Crippen molar-refractivity contribution in [3.05, 3.63) is 38.5 Å². The van der Waals surface area contributed by atoms with Gasteiger partial charge in [0.1, 0.15) is 0 Å². The van der Waals surface area contributed by atoms with Gasteiger partial charge in [-0.2, -0.15) is 0 Å². The van der Waals surface area contributed by atoms with Gasteiger partial charge in [0.15, 0.2) is 34.2 Å². The van der Waals surface area contributed by atoms with Crippen LogP contribution in [0, 0.1) is 0 Å². The Balaban J connectivity index is 2.16. The maximum atomic E-state index is 13.1. The Hall–Kier alpha value is -5.33. The highest BCUT2D eigenvalue weighted by Gasteiger charge is 2.33. The average molecular weight is 484 g/mol. The Morgan fingerprint density at radius 1 is 0.686 bits per heavy atom. The van der Waals surface area contributed by atoms with E-state index in [2.05, 4.69) is 4.74 Å². The van der Waals surface area contributed by atoms with Crippen LogP contribution >= 0.6 is 0 Å². The van der Waals surface area contributed by atoms with Crippen molar-refractivity contribution in [3.63, 3.8) is 0 Å². The molecule has 0 saturated carbocycles.